The average Bonchev–Trinajstić information content (AvgIpc) is 3.48. The number of hydrogen-bond donors (Lipinski definition) is 1. The fourth-order valence-corrected chi connectivity index (χ4v) is 6.67. The molecule has 38 heavy (non-hydrogen) atoms. The molecule has 2 heteroatoms. The van der Waals surface area contributed by atoms with Gasteiger partial charge in [-0.05, 0) is 75.7 Å². The van der Waals surface area contributed by atoms with Gasteiger partial charge in [0.25, 0.3) is 0 Å². The molecule has 2 unspecified atom stereocenters. The number of anilines is 3. The number of nitrogens with one attached hydrogen (secondary N) is 1. The minimum atomic E-state index is 0.0190. The number of rotatable bonds is 5. The van der Waals surface area contributed by atoms with Crippen LogP contribution in [0.3, 0.4) is 0 Å². The Kier molecular flexibility index (Phi) is 5.37. The van der Waals surface area contributed by atoms with E-state index < -0.39 is 0 Å². The summed E-state index contributed by atoms with van der Waals surface area (Å²) in [7, 11) is 0. The van der Waals surface area contributed by atoms with Gasteiger partial charge in [-0.15, -0.1) is 0 Å². The molecule has 0 saturated carbocycles. The second kappa shape index (κ2) is 8.92. The van der Waals surface area contributed by atoms with Crippen molar-refractivity contribution in [3.8, 4) is 22.3 Å². The summed E-state index contributed by atoms with van der Waals surface area (Å²) in [4.78, 5) is 2.44. The Balaban J connectivity index is 1.32. The van der Waals surface area contributed by atoms with Crippen LogP contribution in [0.5, 0.6) is 0 Å². The zero-order valence-corrected chi connectivity index (χ0v) is 22.0. The van der Waals surface area contributed by atoms with E-state index in [1.165, 1.54) is 56.0 Å². The van der Waals surface area contributed by atoms with E-state index in [4.69, 9.17) is 0 Å². The van der Waals surface area contributed by atoms with Gasteiger partial charge in [0, 0.05) is 11.1 Å². The Hall–Kier alpha value is -4.30. The molecule has 1 N–H and O–H groups in total. The lowest BCUT2D eigenvalue weighted by molar-refractivity contribution is 0.524. The Morgan fingerprint density at radius 3 is 2.18 bits per heavy atom. The summed E-state index contributed by atoms with van der Waals surface area (Å²) >= 11 is 0. The molecule has 0 saturated heterocycles. The van der Waals surface area contributed by atoms with Crippen molar-refractivity contribution in [2.45, 2.75) is 38.3 Å². The molecular formula is C36H32N2. The highest BCUT2D eigenvalue weighted by molar-refractivity contribution is 5.85. The molecule has 0 amide bonds. The van der Waals surface area contributed by atoms with Gasteiger partial charge < -0.3 is 10.2 Å². The minimum absolute atomic E-state index is 0.0190. The van der Waals surface area contributed by atoms with Gasteiger partial charge >= 0.3 is 0 Å². The van der Waals surface area contributed by atoms with Crippen LogP contribution in [0.2, 0.25) is 0 Å². The Morgan fingerprint density at radius 1 is 0.684 bits per heavy atom. The summed E-state index contributed by atoms with van der Waals surface area (Å²) in [5.41, 5.74) is 13.1. The van der Waals surface area contributed by atoms with Gasteiger partial charge in [0.15, 0.2) is 0 Å². The first-order valence-corrected chi connectivity index (χ1v) is 13.7. The number of benzene rings is 5. The molecule has 2 nitrogen and oxygen atoms in total. The summed E-state index contributed by atoms with van der Waals surface area (Å²) in [5.74, 6) is 0. The standard InChI is InChI=1S/C36H32N2/c1-3-23-36(2)31-14-8-7-13-29(31)30-24-27(19-22-32(30)36)35-37-33-15-9-10-16-34(33)38(35)28-20-17-26(18-21-28)25-11-5-4-6-12-25/h4-22,24,35,37H,3,23H2,1-2H3. The van der Waals surface area contributed by atoms with E-state index in [0.717, 1.165) is 12.8 Å². The van der Waals surface area contributed by atoms with Crippen molar-refractivity contribution in [3.05, 3.63) is 138 Å². The Bertz CT molecular complexity index is 1620. The molecule has 0 fully saturated rings. The SMILES string of the molecule is CCCC1(C)c2ccccc2-c2cc(C3Nc4ccccc4N3c3ccc(-c4ccccc4)cc3)ccc21. The highest BCUT2D eigenvalue weighted by Crippen LogP contribution is 2.53. The van der Waals surface area contributed by atoms with Gasteiger partial charge in [0.2, 0.25) is 0 Å². The third kappa shape index (κ3) is 3.48. The molecule has 2 aliphatic rings. The van der Waals surface area contributed by atoms with E-state index in [2.05, 4.69) is 145 Å². The molecule has 7 rings (SSSR count). The second-order valence-electron chi connectivity index (χ2n) is 10.8. The average molecular weight is 493 g/mol. The van der Waals surface area contributed by atoms with E-state index in [1.54, 1.807) is 0 Å². The Morgan fingerprint density at radius 2 is 1.37 bits per heavy atom. The van der Waals surface area contributed by atoms with Gasteiger partial charge in [0.1, 0.15) is 6.17 Å². The number of hydrogen-bond acceptors (Lipinski definition) is 2. The number of nitrogens with zero attached hydrogens (tertiary/aromatic N) is 1. The molecule has 1 heterocycles. The normalized spacial score (nSPS) is 19.0. The van der Waals surface area contributed by atoms with Crippen molar-refractivity contribution >= 4 is 17.1 Å². The molecule has 0 radical (unpaired) electrons. The molecule has 0 bridgehead atoms. The fourth-order valence-electron chi connectivity index (χ4n) is 6.67. The first-order chi connectivity index (χ1) is 18.7. The monoisotopic (exact) mass is 492 g/mol. The fraction of sp³-hybridized carbons (Fsp3) is 0.167. The van der Waals surface area contributed by atoms with Crippen LogP contribution in [0.15, 0.2) is 121 Å². The maximum atomic E-state index is 3.83. The lowest BCUT2D eigenvalue weighted by Gasteiger charge is -2.29. The minimum Gasteiger partial charge on any atom is -0.359 e. The maximum absolute atomic E-state index is 3.83. The molecule has 186 valence electrons. The van der Waals surface area contributed by atoms with Gasteiger partial charge in [-0.2, -0.15) is 0 Å². The van der Waals surface area contributed by atoms with E-state index in [1.807, 2.05) is 0 Å². The molecule has 1 aliphatic carbocycles. The Labute approximate surface area is 225 Å². The lowest BCUT2D eigenvalue weighted by atomic mass is 9.76. The van der Waals surface area contributed by atoms with Crippen LogP contribution >= 0.6 is 0 Å². The van der Waals surface area contributed by atoms with Crippen LogP contribution in [0.25, 0.3) is 22.3 Å². The highest BCUT2D eigenvalue weighted by atomic mass is 15.3. The van der Waals surface area contributed by atoms with Crippen LogP contribution in [0.4, 0.5) is 17.1 Å². The largest absolute Gasteiger partial charge is 0.359 e. The van der Waals surface area contributed by atoms with Crippen LogP contribution in [-0.4, -0.2) is 0 Å². The molecule has 0 aromatic heterocycles. The van der Waals surface area contributed by atoms with Crippen molar-refractivity contribution < 1.29 is 0 Å². The van der Waals surface area contributed by atoms with Crippen molar-refractivity contribution in [1.82, 2.24) is 0 Å². The first-order valence-electron chi connectivity index (χ1n) is 13.7. The highest BCUT2D eigenvalue weighted by Gasteiger charge is 2.39. The summed E-state index contributed by atoms with van der Waals surface area (Å²) in [6.07, 6.45) is 2.34. The lowest BCUT2D eigenvalue weighted by Crippen LogP contribution is -2.24. The maximum Gasteiger partial charge on any atom is 0.130 e. The predicted octanol–water partition coefficient (Wildman–Crippen LogP) is 9.70. The van der Waals surface area contributed by atoms with Crippen molar-refractivity contribution in [3.63, 3.8) is 0 Å². The van der Waals surface area contributed by atoms with Gasteiger partial charge in [-0.3, -0.25) is 0 Å². The van der Waals surface area contributed by atoms with Crippen molar-refractivity contribution in [1.29, 1.82) is 0 Å². The summed E-state index contributed by atoms with van der Waals surface area (Å²) in [5, 5.41) is 3.83. The zero-order chi connectivity index (χ0) is 25.7. The summed E-state index contributed by atoms with van der Waals surface area (Å²) in [6.45, 7) is 4.71. The van der Waals surface area contributed by atoms with Crippen molar-refractivity contribution in [2.75, 3.05) is 10.2 Å². The predicted molar refractivity (Wildman–Crippen MR) is 160 cm³/mol. The van der Waals surface area contributed by atoms with Gasteiger partial charge in [0.05, 0.1) is 11.4 Å². The smallest absolute Gasteiger partial charge is 0.130 e. The number of fused-ring (bicyclic) bond motifs is 4. The van der Waals surface area contributed by atoms with E-state index >= 15 is 0 Å². The van der Waals surface area contributed by atoms with Crippen LogP contribution < -0.4 is 10.2 Å². The van der Waals surface area contributed by atoms with Crippen LogP contribution in [-0.2, 0) is 5.41 Å². The topological polar surface area (TPSA) is 15.3 Å². The third-order valence-electron chi connectivity index (χ3n) is 8.48. The quantitative estimate of drug-likeness (QED) is 0.263. The van der Waals surface area contributed by atoms with Crippen molar-refractivity contribution in [2.24, 2.45) is 0 Å². The molecular weight excluding hydrogens is 460 g/mol. The van der Waals surface area contributed by atoms with Crippen LogP contribution in [0, 0.1) is 0 Å². The molecule has 5 aromatic carbocycles. The second-order valence-corrected chi connectivity index (χ2v) is 10.8. The third-order valence-corrected chi connectivity index (χ3v) is 8.48. The van der Waals surface area contributed by atoms with Crippen LogP contribution in [0.1, 0.15) is 49.5 Å². The van der Waals surface area contributed by atoms with E-state index in [9.17, 15) is 0 Å². The molecule has 2 atom stereocenters. The summed E-state index contributed by atoms with van der Waals surface area (Å²) < 4.78 is 0. The first kappa shape index (κ1) is 22.9. The van der Waals surface area contributed by atoms with E-state index in [0.29, 0.717) is 0 Å². The van der Waals surface area contributed by atoms with Gasteiger partial charge in [-0.25, -0.2) is 0 Å². The molecule has 0 spiro atoms. The van der Waals surface area contributed by atoms with Gasteiger partial charge in [-0.1, -0.05) is 111 Å². The molecule has 5 aromatic rings. The molecule has 1 aliphatic heterocycles. The zero-order valence-electron chi connectivity index (χ0n) is 22.0. The number of para-hydroxylation sites is 2. The summed E-state index contributed by atoms with van der Waals surface area (Å²) in [6, 6.07) is 44.4. The van der Waals surface area contributed by atoms with E-state index in [-0.39, 0.29) is 11.6 Å².